The zero-order valence-corrected chi connectivity index (χ0v) is 14.3. The highest BCUT2D eigenvalue weighted by Crippen LogP contribution is 2.27. The van der Waals surface area contributed by atoms with E-state index in [0.717, 1.165) is 6.42 Å². The van der Waals surface area contributed by atoms with Crippen LogP contribution >= 0.6 is 0 Å². The van der Waals surface area contributed by atoms with E-state index in [-0.39, 0.29) is 6.04 Å². The van der Waals surface area contributed by atoms with Crippen LogP contribution in [0, 0.1) is 0 Å². The Bertz CT molecular complexity index is 417. The zero-order valence-electron chi connectivity index (χ0n) is 14.3. The Kier molecular flexibility index (Phi) is 7.52. The Hall–Kier alpha value is -0.400. The molecular weight excluding hydrogens is 334 g/mol. The van der Waals surface area contributed by atoms with Gasteiger partial charge in [-0.05, 0) is 19.4 Å². The van der Waals surface area contributed by atoms with E-state index in [1.165, 1.54) is 0 Å². The molecule has 0 spiro atoms. The lowest BCUT2D eigenvalue weighted by molar-refractivity contribution is -0.294. The number of aliphatic hydroxyl groups excluding tert-OH is 5. The average Bonchev–Trinajstić information content (AvgIpc) is 2.60. The predicted molar refractivity (Wildman–Crippen MR) is 87.3 cm³/mol. The van der Waals surface area contributed by atoms with E-state index in [1.807, 2.05) is 6.92 Å². The van der Waals surface area contributed by atoms with Crippen molar-refractivity contribution in [3.63, 3.8) is 0 Å². The quantitative estimate of drug-likeness (QED) is 0.230. The van der Waals surface area contributed by atoms with Crippen molar-refractivity contribution in [2.45, 2.75) is 80.8 Å². The molecular formula is C15H31N3O7. The third kappa shape index (κ3) is 4.48. The number of hydrogen-bond donors (Lipinski definition) is 8. The summed E-state index contributed by atoms with van der Waals surface area (Å²) in [5.74, 6) is 0. The van der Waals surface area contributed by atoms with Crippen LogP contribution in [0.2, 0.25) is 0 Å². The van der Waals surface area contributed by atoms with Crippen LogP contribution in [0.5, 0.6) is 0 Å². The van der Waals surface area contributed by atoms with E-state index in [4.69, 9.17) is 20.9 Å². The van der Waals surface area contributed by atoms with Crippen LogP contribution in [0.4, 0.5) is 0 Å². The van der Waals surface area contributed by atoms with E-state index >= 15 is 0 Å². The van der Waals surface area contributed by atoms with E-state index < -0.39 is 61.6 Å². The molecule has 1 aliphatic heterocycles. The fraction of sp³-hybridized carbons (Fsp3) is 1.00. The predicted octanol–water partition coefficient (Wildman–Crippen LogP) is -4.04. The van der Waals surface area contributed by atoms with Gasteiger partial charge in [-0.1, -0.05) is 6.92 Å². The van der Waals surface area contributed by atoms with Crippen molar-refractivity contribution in [3.8, 4) is 0 Å². The minimum atomic E-state index is -1.36. The second-order valence-corrected chi connectivity index (χ2v) is 6.83. The van der Waals surface area contributed by atoms with Gasteiger partial charge >= 0.3 is 0 Å². The zero-order chi connectivity index (χ0) is 18.7. The standard InChI is InChI=1S/C15H31N3O7/c1-2-3-18-7-4-6(16)14(13(23)10(7)20)25-15-9(17)12(22)11(21)8(5-19)24-15/h6-15,18-23H,2-5,16-17H2,1H3/t6?,7?,8?,9-,10+,11+,12?,13+,14+,15+/m0/s1. The summed E-state index contributed by atoms with van der Waals surface area (Å²) >= 11 is 0. The number of hydrogen-bond acceptors (Lipinski definition) is 10. The summed E-state index contributed by atoms with van der Waals surface area (Å²) in [6.45, 7) is 2.14. The van der Waals surface area contributed by atoms with Gasteiger partial charge in [0.25, 0.3) is 0 Å². The van der Waals surface area contributed by atoms with Crippen molar-refractivity contribution in [1.29, 1.82) is 0 Å². The van der Waals surface area contributed by atoms with Crippen LogP contribution in [0.15, 0.2) is 0 Å². The third-order valence-electron chi connectivity index (χ3n) is 4.92. The minimum absolute atomic E-state index is 0.358. The molecule has 0 amide bonds. The number of ether oxygens (including phenoxy) is 2. The molecule has 4 unspecified atom stereocenters. The maximum Gasteiger partial charge on any atom is 0.176 e. The molecule has 1 saturated heterocycles. The SMILES string of the molecule is CCCNC1CC(N)[C@@H](O[C@H]2OC(CO)[C@@H](O)C(O)[C@@H]2N)[C@H](O)[C@@H]1O. The number of rotatable bonds is 6. The van der Waals surface area contributed by atoms with Crippen LogP contribution in [-0.4, -0.2) is 99.7 Å². The first kappa shape index (κ1) is 20.9. The van der Waals surface area contributed by atoms with Gasteiger partial charge in [0.2, 0.25) is 0 Å². The van der Waals surface area contributed by atoms with Gasteiger partial charge < -0.3 is 51.8 Å². The van der Waals surface area contributed by atoms with Crippen molar-refractivity contribution < 1.29 is 35.0 Å². The normalized spacial score (nSPS) is 48.5. The summed E-state index contributed by atoms with van der Waals surface area (Å²) in [5, 5.41) is 52.8. The van der Waals surface area contributed by atoms with Gasteiger partial charge in [-0.2, -0.15) is 0 Å². The average molecular weight is 365 g/mol. The summed E-state index contributed by atoms with van der Waals surface area (Å²) in [5.41, 5.74) is 11.9. The van der Waals surface area contributed by atoms with Crippen molar-refractivity contribution in [2.75, 3.05) is 13.2 Å². The molecule has 2 fully saturated rings. The molecule has 0 bridgehead atoms. The molecule has 10 N–H and O–H groups in total. The van der Waals surface area contributed by atoms with Crippen LogP contribution < -0.4 is 16.8 Å². The molecule has 148 valence electrons. The van der Waals surface area contributed by atoms with Crippen LogP contribution in [0.25, 0.3) is 0 Å². The van der Waals surface area contributed by atoms with E-state index in [0.29, 0.717) is 13.0 Å². The Morgan fingerprint density at radius 1 is 1.08 bits per heavy atom. The van der Waals surface area contributed by atoms with Gasteiger partial charge in [-0.3, -0.25) is 0 Å². The van der Waals surface area contributed by atoms with Crippen molar-refractivity contribution in [3.05, 3.63) is 0 Å². The molecule has 10 heteroatoms. The molecule has 1 heterocycles. The largest absolute Gasteiger partial charge is 0.394 e. The van der Waals surface area contributed by atoms with Gasteiger partial charge in [0.05, 0.1) is 18.8 Å². The molecule has 10 atom stereocenters. The molecule has 1 aliphatic carbocycles. The first-order valence-corrected chi connectivity index (χ1v) is 8.70. The molecule has 0 radical (unpaired) electrons. The summed E-state index contributed by atoms with van der Waals surface area (Å²) in [6, 6.07) is -2.05. The number of nitrogens with two attached hydrogens (primary N) is 2. The Balaban J connectivity index is 2.03. The maximum atomic E-state index is 10.4. The van der Waals surface area contributed by atoms with Crippen LogP contribution in [0.3, 0.4) is 0 Å². The molecule has 10 nitrogen and oxygen atoms in total. The van der Waals surface area contributed by atoms with Crippen molar-refractivity contribution in [2.24, 2.45) is 11.5 Å². The molecule has 0 aromatic carbocycles. The molecule has 1 saturated carbocycles. The highest BCUT2D eigenvalue weighted by atomic mass is 16.7. The van der Waals surface area contributed by atoms with Crippen molar-refractivity contribution >= 4 is 0 Å². The van der Waals surface area contributed by atoms with Gasteiger partial charge in [-0.25, -0.2) is 0 Å². The maximum absolute atomic E-state index is 10.4. The number of aliphatic hydroxyl groups is 5. The monoisotopic (exact) mass is 365 g/mol. The second kappa shape index (κ2) is 9.00. The van der Waals surface area contributed by atoms with E-state index in [1.54, 1.807) is 0 Å². The fourth-order valence-electron chi connectivity index (χ4n) is 3.35. The van der Waals surface area contributed by atoms with E-state index in [9.17, 15) is 25.5 Å². The smallest absolute Gasteiger partial charge is 0.176 e. The molecule has 25 heavy (non-hydrogen) atoms. The first-order valence-electron chi connectivity index (χ1n) is 8.70. The summed E-state index contributed by atoms with van der Waals surface area (Å²) < 4.78 is 11.0. The molecule has 0 aromatic rings. The Morgan fingerprint density at radius 3 is 2.36 bits per heavy atom. The number of nitrogens with one attached hydrogen (secondary N) is 1. The van der Waals surface area contributed by atoms with Crippen LogP contribution in [0.1, 0.15) is 19.8 Å². The van der Waals surface area contributed by atoms with Crippen molar-refractivity contribution in [1.82, 2.24) is 5.32 Å². The lowest BCUT2D eigenvalue weighted by Crippen LogP contribution is -2.67. The molecule has 2 rings (SSSR count). The Labute approximate surface area is 146 Å². The second-order valence-electron chi connectivity index (χ2n) is 6.83. The summed E-state index contributed by atoms with van der Waals surface area (Å²) in [7, 11) is 0. The summed E-state index contributed by atoms with van der Waals surface area (Å²) in [4.78, 5) is 0. The van der Waals surface area contributed by atoms with Gasteiger partial charge in [0, 0.05) is 12.1 Å². The van der Waals surface area contributed by atoms with Gasteiger partial charge in [0.1, 0.15) is 30.5 Å². The van der Waals surface area contributed by atoms with Gasteiger partial charge in [0.15, 0.2) is 6.29 Å². The summed E-state index contributed by atoms with van der Waals surface area (Å²) in [6.07, 6.45) is -7.04. The third-order valence-corrected chi connectivity index (χ3v) is 4.92. The van der Waals surface area contributed by atoms with Gasteiger partial charge in [-0.15, -0.1) is 0 Å². The lowest BCUT2D eigenvalue weighted by Gasteiger charge is -2.46. The lowest BCUT2D eigenvalue weighted by atomic mass is 9.84. The minimum Gasteiger partial charge on any atom is -0.394 e. The molecule has 0 aromatic heterocycles. The first-order chi connectivity index (χ1) is 11.8. The topological polar surface area (TPSA) is 184 Å². The van der Waals surface area contributed by atoms with E-state index in [2.05, 4.69) is 5.32 Å². The highest BCUT2D eigenvalue weighted by molar-refractivity contribution is 5.00. The van der Waals surface area contributed by atoms with Crippen LogP contribution in [-0.2, 0) is 9.47 Å². The Morgan fingerprint density at radius 2 is 1.76 bits per heavy atom. The fourth-order valence-corrected chi connectivity index (χ4v) is 3.35. The highest BCUT2D eigenvalue weighted by Gasteiger charge is 2.48. The molecule has 2 aliphatic rings.